The van der Waals surface area contributed by atoms with Crippen LogP contribution in [0.1, 0.15) is 18.0 Å². The second-order valence-electron chi connectivity index (χ2n) is 8.37. The lowest BCUT2D eigenvalue weighted by Gasteiger charge is -2.23. The smallest absolute Gasteiger partial charge is 0.490 e. The maximum atomic E-state index is 10.6. The number of methoxy groups -OCH3 is 1. The number of aliphatic carboxylic acids is 1. The molecule has 0 amide bonds. The fourth-order valence-corrected chi connectivity index (χ4v) is 4.59. The zero-order valence-electron chi connectivity index (χ0n) is 18.0. The van der Waals surface area contributed by atoms with Crippen molar-refractivity contribution < 1.29 is 32.2 Å². The molecule has 1 unspecified atom stereocenters. The predicted octanol–water partition coefficient (Wildman–Crippen LogP) is 4.23. The molecule has 3 aromatic rings. The minimum atomic E-state index is -5.08. The highest BCUT2D eigenvalue weighted by atomic mass is 19.4. The van der Waals surface area contributed by atoms with Gasteiger partial charge in [0.15, 0.2) is 0 Å². The summed E-state index contributed by atoms with van der Waals surface area (Å²) < 4.78 is 45.2. The molecular formula is C23H24F3N3O4. The summed E-state index contributed by atoms with van der Waals surface area (Å²) in [6.07, 6.45) is 0.931. The number of halogens is 3. The molecule has 2 aliphatic heterocycles. The van der Waals surface area contributed by atoms with E-state index in [0.29, 0.717) is 5.41 Å². The summed E-state index contributed by atoms with van der Waals surface area (Å²) in [4.78, 5) is 16.1. The number of rotatable bonds is 4. The van der Waals surface area contributed by atoms with Crippen LogP contribution in [-0.4, -0.2) is 51.9 Å². The van der Waals surface area contributed by atoms with Crippen molar-refractivity contribution in [1.29, 1.82) is 0 Å². The number of carboxylic acids is 1. The van der Waals surface area contributed by atoms with Gasteiger partial charge in [-0.1, -0.05) is 12.1 Å². The largest absolute Gasteiger partial charge is 0.496 e. The quantitative estimate of drug-likeness (QED) is 0.624. The Bertz CT molecular complexity index is 1110. The van der Waals surface area contributed by atoms with E-state index >= 15 is 0 Å². The number of likely N-dealkylation sites (tertiary alicyclic amines) is 1. The standard InChI is InChI=1S/C21H23N3O2.C2HF3O2/c1-25-19-7-3-2-6-17(19)18-12-22-20-11-21(15-24(18)20)8-9-23(14-21)13-16-5-4-10-26-16;3-2(4,5)1(6)7/h2-7,10,12H,8-9,11,13-15H2,1H3;(H,6,7). The van der Waals surface area contributed by atoms with Crippen molar-refractivity contribution in [2.45, 2.75) is 32.1 Å². The van der Waals surface area contributed by atoms with Crippen LogP contribution in [0.15, 0.2) is 53.3 Å². The summed E-state index contributed by atoms with van der Waals surface area (Å²) in [5.74, 6) is 0.396. The van der Waals surface area contributed by atoms with Gasteiger partial charge >= 0.3 is 12.1 Å². The monoisotopic (exact) mass is 463 g/mol. The fraction of sp³-hybridized carbons (Fsp3) is 0.391. The number of fused-ring (bicyclic) bond motifs is 1. The van der Waals surface area contributed by atoms with Crippen molar-refractivity contribution in [2.24, 2.45) is 5.41 Å². The Morgan fingerprint density at radius 1 is 1.24 bits per heavy atom. The number of carbonyl (C=O) groups is 1. The van der Waals surface area contributed by atoms with Crippen molar-refractivity contribution in [3.63, 3.8) is 0 Å². The number of imidazole rings is 1. The number of alkyl halides is 3. The Labute approximate surface area is 188 Å². The third-order valence-corrected chi connectivity index (χ3v) is 6.07. The molecule has 10 heteroatoms. The molecule has 0 saturated carbocycles. The van der Waals surface area contributed by atoms with Crippen LogP contribution in [0, 0.1) is 5.41 Å². The first-order valence-electron chi connectivity index (χ1n) is 10.4. The average Bonchev–Trinajstić information content (AvgIpc) is 3.55. The molecule has 1 aromatic carbocycles. The summed E-state index contributed by atoms with van der Waals surface area (Å²) in [5, 5.41) is 7.12. The van der Waals surface area contributed by atoms with Crippen molar-refractivity contribution in [3.05, 3.63) is 60.4 Å². The van der Waals surface area contributed by atoms with Crippen molar-refractivity contribution in [1.82, 2.24) is 14.5 Å². The Hall–Kier alpha value is -3.27. The van der Waals surface area contributed by atoms with Gasteiger partial charge in [0.1, 0.15) is 17.3 Å². The molecule has 0 radical (unpaired) electrons. The number of aromatic nitrogens is 2. The van der Waals surface area contributed by atoms with Crippen molar-refractivity contribution in [3.8, 4) is 17.0 Å². The molecule has 4 heterocycles. The first kappa shape index (κ1) is 22.9. The third-order valence-electron chi connectivity index (χ3n) is 6.07. The van der Waals surface area contributed by atoms with Gasteiger partial charge in [-0.25, -0.2) is 9.78 Å². The van der Waals surface area contributed by atoms with Crippen LogP contribution in [0.4, 0.5) is 13.2 Å². The Balaban J connectivity index is 0.000000325. The Morgan fingerprint density at radius 2 is 2.00 bits per heavy atom. The van der Waals surface area contributed by atoms with Crippen molar-refractivity contribution >= 4 is 5.97 Å². The van der Waals surface area contributed by atoms with Crippen LogP contribution in [-0.2, 0) is 24.3 Å². The van der Waals surface area contributed by atoms with E-state index in [9.17, 15) is 13.2 Å². The molecule has 2 aromatic heterocycles. The molecule has 176 valence electrons. The molecular weight excluding hydrogens is 439 g/mol. The fourth-order valence-electron chi connectivity index (χ4n) is 4.59. The predicted molar refractivity (Wildman–Crippen MR) is 113 cm³/mol. The van der Waals surface area contributed by atoms with E-state index in [4.69, 9.17) is 24.0 Å². The zero-order valence-corrected chi connectivity index (χ0v) is 18.0. The number of benzene rings is 1. The van der Waals surface area contributed by atoms with Gasteiger partial charge in [-0.15, -0.1) is 0 Å². The van der Waals surface area contributed by atoms with Gasteiger partial charge in [0.25, 0.3) is 0 Å². The molecule has 2 aliphatic rings. The Kier molecular flexibility index (Phi) is 6.20. The SMILES string of the molecule is COc1ccccc1-c1cnc2n1CC1(CCN(Cc3ccco3)C1)C2.O=C(O)C(F)(F)F. The minimum Gasteiger partial charge on any atom is -0.496 e. The molecule has 1 N–H and O–H groups in total. The van der Waals surface area contributed by atoms with Gasteiger partial charge in [0.2, 0.25) is 0 Å². The second-order valence-corrected chi connectivity index (χ2v) is 8.37. The maximum absolute atomic E-state index is 10.6. The van der Waals surface area contributed by atoms with Crippen LogP contribution in [0.5, 0.6) is 5.75 Å². The third kappa shape index (κ3) is 4.90. The lowest BCUT2D eigenvalue weighted by Crippen LogP contribution is -2.28. The summed E-state index contributed by atoms with van der Waals surface area (Å²) in [6.45, 7) is 4.15. The number of hydrogen-bond acceptors (Lipinski definition) is 5. The summed E-state index contributed by atoms with van der Waals surface area (Å²) in [7, 11) is 1.73. The van der Waals surface area contributed by atoms with Gasteiger partial charge in [0, 0.05) is 30.5 Å². The van der Waals surface area contributed by atoms with Crippen LogP contribution in [0.25, 0.3) is 11.3 Å². The van der Waals surface area contributed by atoms with E-state index in [2.05, 4.69) is 27.7 Å². The lowest BCUT2D eigenvalue weighted by molar-refractivity contribution is -0.192. The summed E-state index contributed by atoms with van der Waals surface area (Å²) in [5.41, 5.74) is 2.59. The highest BCUT2D eigenvalue weighted by Gasteiger charge is 2.44. The highest BCUT2D eigenvalue weighted by Crippen LogP contribution is 2.43. The van der Waals surface area contributed by atoms with E-state index in [0.717, 1.165) is 49.7 Å². The minimum absolute atomic E-state index is 0.299. The number of furan rings is 1. The van der Waals surface area contributed by atoms with Gasteiger partial charge in [0.05, 0.1) is 31.8 Å². The van der Waals surface area contributed by atoms with E-state index in [1.165, 1.54) is 17.9 Å². The number of carboxylic acid groups (broad SMARTS) is 1. The number of para-hydroxylation sites is 1. The first-order valence-corrected chi connectivity index (χ1v) is 10.4. The highest BCUT2D eigenvalue weighted by molar-refractivity contribution is 5.73. The van der Waals surface area contributed by atoms with Gasteiger partial charge in [-0.3, -0.25) is 4.90 Å². The molecule has 0 bridgehead atoms. The van der Waals surface area contributed by atoms with E-state index < -0.39 is 12.1 Å². The maximum Gasteiger partial charge on any atom is 0.490 e. The topological polar surface area (TPSA) is 80.7 Å². The van der Waals surface area contributed by atoms with Crippen molar-refractivity contribution in [2.75, 3.05) is 20.2 Å². The van der Waals surface area contributed by atoms with Crippen LogP contribution >= 0.6 is 0 Å². The van der Waals surface area contributed by atoms with Crippen LogP contribution < -0.4 is 4.74 Å². The van der Waals surface area contributed by atoms with Gasteiger partial charge in [-0.2, -0.15) is 13.2 Å². The normalized spacial score (nSPS) is 19.9. The molecule has 7 nitrogen and oxygen atoms in total. The summed E-state index contributed by atoms with van der Waals surface area (Å²) >= 11 is 0. The van der Waals surface area contributed by atoms with Crippen LogP contribution in [0.2, 0.25) is 0 Å². The number of ether oxygens (including phenoxy) is 1. The number of hydrogen-bond donors (Lipinski definition) is 1. The Morgan fingerprint density at radius 3 is 2.67 bits per heavy atom. The van der Waals surface area contributed by atoms with E-state index in [1.807, 2.05) is 24.4 Å². The molecule has 1 atom stereocenters. The van der Waals surface area contributed by atoms with E-state index in [-0.39, 0.29) is 0 Å². The zero-order chi connectivity index (χ0) is 23.6. The molecule has 0 aliphatic carbocycles. The lowest BCUT2D eigenvalue weighted by atomic mass is 9.86. The number of nitrogens with zero attached hydrogens (tertiary/aromatic N) is 3. The average molecular weight is 463 g/mol. The van der Waals surface area contributed by atoms with E-state index in [1.54, 1.807) is 13.4 Å². The second kappa shape index (κ2) is 8.93. The molecule has 5 rings (SSSR count). The molecule has 1 saturated heterocycles. The summed E-state index contributed by atoms with van der Waals surface area (Å²) in [6, 6.07) is 12.2. The van der Waals surface area contributed by atoms with Gasteiger partial charge < -0.3 is 18.8 Å². The molecule has 33 heavy (non-hydrogen) atoms. The van der Waals surface area contributed by atoms with Gasteiger partial charge in [-0.05, 0) is 37.2 Å². The van der Waals surface area contributed by atoms with Crippen LogP contribution in [0.3, 0.4) is 0 Å². The molecule has 1 fully saturated rings. The molecule has 1 spiro atoms. The first-order chi connectivity index (χ1) is 15.7.